The highest BCUT2D eigenvalue weighted by molar-refractivity contribution is 5.83. The number of hydrogen-bond donors (Lipinski definition) is 0. The van der Waals surface area contributed by atoms with Crippen LogP contribution < -0.4 is 0 Å². The van der Waals surface area contributed by atoms with E-state index in [1.165, 1.54) is 0 Å². The smallest absolute Gasteiger partial charge is 0.160 e. The lowest BCUT2D eigenvalue weighted by atomic mass is 9.93. The molecule has 7 rings (SSSR count). The van der Waals surface area contributed by atoms with E-state index >= 15 is 0 Å². The molecule has 2 aromatic heterocycles. The highest BCUT2D eigenvalue weighted by Crippen LogP contribution is 2.35. The van der Waals surface area contributed by atoms with E-state index in [9.17, 15) is 0 Å². The van der Waals surface area contributed by atoms with Crippen LogP contribution in [0, 0.1) is 0 Å². The van der Waals surface area contributed by atoms with E-state index in [4.69, 9.17) is 9.97 Å². The van der Waals surface area contributed by atoms with E-state index in [0.717, 1.165) is 72.6 Å². The Kier molecular flexibility index (Phi) is 8.70. The van der Waals surface area contributed by atoms with Crippen LogP contribution >= 0.6 is 0 Å². The lowest BCUT2D eigenvalue weighted by molar-refractivity contribution is 1.18. The summed E-state index contributed by atoms with van der Waals surface area (Å²) in [5.41, 5.74) is 13.2. The summed E-state index contributed by atoms with van der Waals surface area (Å²) in [5, 5.41) is 0. The average molecular weight is 617 g/mol. The van der Waals surface area contributed by atoms with Crippen LogP contribution in [0.5, 0.6) is 0 Å². The third-order valence-corrected chi connectivity index (χ3v) is 8.27. The molecule has 0 N–H and O–H groups in total. The van der Waals surface area contributed by atoms with Crippen molar-refractivity contribution in [3.8, 4) is 67.3 Å². The fourth-order valence-electron chi connectivity index (χ4n) is 5.77. The van der Waals surface area contributed by atoms with Crippen molar-refractivity contribution in [1.82, 2.24) is 15.0 Å². The van der Waals surface area contributed by atoms with Crippen molar-refractivity contribution in [2.45, 2.75) is 0 Å². The van der Waals surface area contributed by atoms with Crippen LogP contribution in [0.2, 0.25) is 0 Å². The van der Waals surface area contributed by atoms with Crippen LogP contribution in [-0.2, 0) is 0 Å². The van der Waals surface area contributed by atoms with E-state index in [1.54, 1.807) is 18.5 Å². The number of aromatic nitrogens is 3. The quantitative estimate of drug-likeness (QED) is 0.120. The highest BCUT2D eigenvalue weighted by atomic mass is 14.9. The predicted octanol–water partition coefficient (Wildman–Crippen LogP) is 11.1. The fraction of sp³-hybridized carbons (Fsp3) is 0. The molecule has 0 saturated carbocycles. The zero-order valence-corrected chi connectivity index (χ0v) is 26.4. The van der Waals surface area contributed by atoms with Gasteiger partial charge in [0.1, 0.15) is 0 Å². The van der Waals surface area contributed by atoms with Gasteiger partial charge in [0.05, 0.1) is 11.4 Å². The molecular weight excluding hydrogens is 585 g/mol. The van der Waals surface area contributed by atoms with Gasteiger partial charge in [-0.3, -0.25) is 9.98 Å². The van der Waals surface area contributed by atoms with Gasteiger partial charge in [-0.25, -0.2) is 9.97 Å². The summed E-state index contributed by atoms with van der Waals surface area (Å²) in [6, 6.07) is 50.2. The normalized spacial score (nSPS) is 11.2. The molecule has 0 radical (unpaired) electrons. The largest absolute Gasteiger partial charge is 0.272 e. The molecule has 0 unspecified atom stereocenters. The maximum absolute atomic E-state index is 5.14. The van der Waals surface area contributed by atoms with Gasteiger partial charge in [0.15, 0.2) is 5.82 Å². The molecule has 2 heterocycles. The Hall–Kier alpha value is -6.52. The van der Waals surface area contributed by atoms with Gasteiger partial charge in [-0.1, -0.05) is 128 Å². The van der Waals surface area contributed by atoms with Crippen LogP contribution in [0.1, 0.15) is 5.56 Å². The molecule has 4 heteroatoms. The second-order valence-corrected chi connectivity index (χ2v) is 11.4. The first-order valence-electron chi connectivity index (χ1n) is 15.7. The Labute approximate surface area is 281 Å². The van der Waals surface area contributed by atoms with Crippen molar-refractivity contribution >= 4 is 12.3 Å². The zero-order valence-electron chi connectivity index (χ0n) is 26.4. The minimum Gasteiger partial charge on any atom is -0.272 e. The molecule has 0 aliphatic rings. The van der Waals surface area contributed by atoms with Gasteiger partial charge in [-0.15, -0.1) is 0 Å². The number of benzene rings is 5. The molecule has 5 aromatic carbocycles. The van der Waals surface area contributed by atoms with Crippen molar-refractivity contribution in [3.63, 3.8) is 0 Å². The van der Waals surface area contributed by atoms with E-state index in [1.807, 2.05) is 48.7 Å². The molecule has 4 nitrogen and oxygen atoms in total. The van der Waals surface area contributed by atoms with E-state index in [2.05, 4.69) is 126 Å². The summed E-state index contributed by atoms with van der Waals surface area (Å²) in [4.78, 5) is 18.5. The molecule has 0 amide bonds. The summed E-state index contributed by atoms with van der Waals surface area (Å²) in [6.45, 7) is 7.54. The van der Waals surface area contributed by atoms with E-state index < -0.39 is 0 Å². The number of hydrogen-bond acceptors (Lipinski definition) is 4. The first-order valence-corrected chi connectivity index (χ1v) is 15.7. The highest BCUT2D eigenvalue weighted by Gasteiger charge is 2.14. The van der Waals surface area contributed by atoms with Crippen molar-refractivity contribution in [2.24, 2.45) is 4.99 Å². The molecule has 48 heavy (non-hydrogen) atoms. The molecule has 0 spiro atoms. The first kappa shape index (κ1) is 30.2. The summed E-state index contributed by atoms with van der Waals surface area (Å²) in [6.07, 6.45) is 7.19. The molecule has 0 atom stereocenters. The van der Waals surface area contributed by atoms with E-state index in [0.29, 0.717) is 5.82 Å². The Balaban J connectivity index is 1.39. The van der Waals surface area contributed by atoms with Crippen LogP contribution in [-0.4, -0.2) is 21.7 Å². The Morgan fingerprint density at radius 3 is 1.50 bits per heavy atom. The third-order valence-electron chi connectivity index (χ3n) is 8.27. The van der Waals surface area contributed by atoms with Crippen LogP contribution in [0.15, 0.2) is 182 Å². The molecule has 0 aliphatic carbocycles. The van der Waals surface area contributed by atoms with Gasteiger partial charge in [0.2, 0.25) is 0 Å². The van der Waals surface area contributed by atoms with E-state index in [-0.39, 0.29) is 0 Å². The molecular formula is C44H32N4. The SMILES string of the molecule is C=C/C(=C\N=C)c1ccc(-c2cc(-c3ccc(-c4cccnc4)cc3)cc(-c3nc(-c4ccccc4)cc(-c4ccccc4)n3)c2)cc1. The molecule has 228 valence electrons. The lowest BCUT2D eigenvalue weighted by Gasteiger charge is -2.14. The number of rotatable bonds is 9. The van der Waals surface area contributed by atoms with Crippen LogP contribution in [0.3, 0.4) is 0 Å². The minimum absolute atomic E-state index is 0.663. The molecule has 7 aromatic rings. The summed E-state index contributed by atoms with van der Waals surface area (Å²) < 4.78 is 0. The molecule has 0 fully saturated rings. The minimum atomic E-state index is 0.663. The van der Waals surface area contributed by atoms with Gasteiger partial charge < -0.3 is 0 Å². The predicted molar refractivity (Wildman–Crippen MR) is 200 cm³/mol. The fourth-order valence-corrected chi connectivity index (χ4v) is 5.77. The Morgan fingerprint density at radius 2 is 1.00 bits per heavy atom. The van der Waals surface area contributed by atoms with Gasteiger partial charge in [-0.2, -0.15) is 0 Å². The van der Waals surface area contributed by atoms with Gasteiger partial charge >= 0.3 is 0 Å². The van der Waals surface area contributed by atoms with Gasteiger partial charge in [-0.05, 0) is 81.6 Å². The van der Waals surface area contributed by atoms with Crippen molar-refractivity contribution in [1.29, 1.82) is 0 Å². The Morgan fingerprint density at radius 1 is 0.500 bits per heavy atom. The topological polar surface area (TPSA) is 51.0 Å². The van der Waals surface area contributed by atoms with Crippen molar-refractivity contribution in [2.75, 3.05) is 0 Å². The number of pyridine rings is 1. The standard InChI is InChI=1S/C44H32N4/c1-3-31(29-45-2)32-16-20-34(21-17-32)39-25-40(35-22-18-33(19-23-35)38-15-10-24-46-30-38)27-41(26-39)44-47-42(36-11-6-4-7-12-36)28-43(48-44)37-13-8-5-9-14-37/h3-30H,1-2H2/b31-29+. The van der Waals surface area contributed by atoms with Crippen LogP contribution in [0.25, 0.3) is 72.9 Å². The Bertz CT molecular complexity index is 2160. The number of aliphatic imine (C=N–C) groups is 1. The van der Waals surface area contributed by atoms with Gasteiger partial charge in [0, 0.05) is 35.3 Å². The summed E-state index contributed by atoms with van der Waals surface area (Å²) >= 11 is 0. The molecule has 0 saturated heterocycles. The van der Waals surface area contributed by atoms with Crippen molar-refractivity contribution in [3.05, 3.63) is 182 Å². The monoisotopic (exact) mass is 616 g/mol. The molecule has 0 aliphatic heterocycles. The maximum atomic E-state index is 5.14. The van der Waals surface area contributed by atoms with Crippen molar-refractivity contribution < 1.29 is 0 Å². The first-order chi connectivity index (χ1) is 23.7. The van der Waals surface area contributed by atoms with Gasteiger partial charge in [0.25, 0.3) is 0 Å². The summed E-state index contributed by atoms with van der Waals surface area (Å²) in [5.74, 6) is 0.663. The maximum Gasteiger partial charge on any atom is 0.160 e. The lowest BCUT2D eigenvalue weighted by Crippen LogP contribution is -1.97. The average Bonchev–Trinajstić information content (AvgIpc) is 3.18. The zero-order chi connectivity index (χ0) is 32.7. The second kappa shape index (κ2) is 13.9. The molecule has 0 bridgehead atoms. The number of nitrogens with zero attached hydrogens (tertiary/aromatic N) is 4. The van der Waals surface area contributed by atoms with Crippen LogP contribution in [0.4, 0.5) is 0 Å². The third kappa shape index (κ3) is 6.55. The second-order valence-electron chi connectivity index (χ2n) is 11.4. The summed E-state index contributed by atoms with van der Waals surface area (Å²) in [7, 11) is 0. The number of allylic oxidation sites excluding steroid dienone is 2.